The Morgan fingerprint density at radius 3 is 2.92 bits per heavy atom. The number of rotatable bonds is 3. The first kappa shape index (κ1) is 9.58. The van der Waals surface area contributed by atoms with Gasteiger partial charge in [0.2, 0.25) is 0 Å². The standard InChI is InChI=1S/C10H14N2O/c1-3-13-12-10(11)9-6-4-5-8(2)7-9/h4-7H,3H2,1-2H3,(H2,11,12). The summed E-state index contributed by atoms with van der Waals surface area (Å²) in [6.45, 7) is 4.41. The normalized spacial score (nSPS) is 11.4. The highest BCUT2D eigenvalue weighted by Crippen LogP contribution is 2.03. The number of hydrogen-bond acceptors (Lipinski definition) is 2. The Bertz CT molecular complexity index is 308. The molecule has 0 bridgehead atoms. The summed E-state index contributed by atoms with van der Waals surface area (Å²) in [7, 11) is 0. The maximum Gasteiger partial charge on any atom is 0.170 e. The predicted octanol–water partition coefficient (Wildman–Crippen LogP) is 1.65. The van der Waals surface area contributed by atoms with Crippen LogP contribution in [0.1, 0.15) is 18.1 Å². The first-order valence-electron chi connectivity index (χ1n) is 4.26. The van der Waals surface area contributed by atoms with Gasteiger partial charge in [-0.05, 0) is 19.9 Å². The lowest BCUT2D eigenvalue weighted by molar-refractivity contribution is 0.158. The minimum absolute atomic E-state index is 0.422. The second-order valence-corrected chi connectivity index (χ2v) is 2.76. The van der Waals surface area contributed by atoms with Gasteiger partial charge in [0.15, 0.2) is 5.84 Å². The second kappa shape index (κ2) is 4.50. The third-order valence-corrected chi connectivity index (χ3v) is 1.61. The Morgan fingerprint density at radius 1 is 1.54 bits per heavy atom. The molecule has 0 aliphatic heterocycles. The Kier molecular flexibility index (Phi) is 3.31. The molecule has 13 heavy (non-hydrogen) atoms. The Hall–Kier alpha value is -1.51. The Labute approximate surface area is 78.2 Å². The van der Waals surface area contributed by atoms with Crippen molar-refractivity contribution in [3.8, 4) is 0 Å². The highest BCUT2D eigenvalue weighted by atomic mass is 16.6. The van der Waals surface area contributed by atoms with Crippen molar-refractivity contribution in [2.45, 2.75) is 13.8 Å². The van der Waals surface area contributed by atoms with Crippen molar-refractivity contribution < 1.29 is 4.84 Å². The molecule has 0 aromatic heterocycles. The van der Waals surface area contributed by atoms with E-state index >= 15 is 0 Å². The van der Waals surface area contributed by atoms with Gasteiger partial charge in [-0.15, -0.1) is 0 Å². The van der Waals surface area contributed by atoms with Crippen LogP contribution in [0, 0.1) is 6.92 Å². The van der Waals surface area contributed by atoms with Crippen molar-refractivity contribution in [2.75, 3.05) is 6.61 Å². The summed E-state index contributed by atoms with van der Waals surface area (Å²) in [5.74, 6) is 0.422. The van der Waals surface area contributed by atoms with Crippen molar-refractivity contribution in [1.82, 2.24) is 0 Å². The average Bonchev–Trinajstić information content (AvgIpc) is 2.14. The minimum Gasteiger partial charge on any atom is -0.394 e. The highest BCUT2D eigenvalue weighted by Gasteiger charge is 1.97. The number of benzene rings is 1. The lowest BCUT2D eigenvalue weighted by Crippen LogP contribution is -2.13. The molecular weight excluding hydrogens is 164 g/mol. The van der Waals surface area contributed by atoms with E-state index in [1.54, 1.807) is 0 Å². The molecule has 2 N–H and O–H groups in total. The molecule has 0 heterocycles. The van der Waals surface area contributed by atoms with Gasteiger partial charge in [-0.1, -0.05) is 28.9 Å². The van der Waals surface area contributed by atoms with Gasteiger partial charge in [-0.2, -0.15) is 0 Å². The molecule has 0 saturated carbocycles. The molecule has 0 amide bonds. The van der Waals surface area contributed by atoms with Crippen molar-refractivity contribution in [1.29, 1.82) is 0 Å². The van der Waals surface area contributed by atoms with E-state index in [0.717, 1.165) is 11.1 Å². The van der Waals surface area contributed by atoms with E-state index in [2.05, 4.69) is 5.16 Å². The van der Waals surface area contributed by atoms with Gasteiger partial charge in [0.05, 0.1) is 0 Å². The van der Waals surface area contributed by atoms with E-state index in [1.807, 2.05) is 38.1 Å². The van der Waals surface area contributed by atoms with E-state index < -0.39 is 0 Å². The van der Waals surface area contributed by atoms with Crippen LogP contribution in [0.15, 0.2) is 29.4 Å². The van der Waals surface area contributed by atoms with E-state index in [4.69, 9.17) is 10.6 Å². The Balaban J connectivity index is 2.82. The van der Waals surface area contributed by atoms with Crippen molar-refractivity contribution >= 4 is 5.84 Å². The monoisotopic (exact) mass is 178 g/mol. The van der Waals surface area contributed by atoms with Crippen LogP contribution < -0.4 is 5.73 Å². The zero-order valence-corrected chi connectivity index (χ0v) is 7.95. The fraction of sp³-hybridized carbons (Fsp3) is 0.300. The van der Waals surface area contributed by atoms with E-state index in [1.165, 1.54) is 0 Å². The zero-order chi connectivity index (χ0) is 9.68. The summed E-state index contributed by atoms with van der Waals surface area (Å²) in [5, 5.41) is 3.75. The predicted molar refractivity (Wildman–Crippen MR) is 53.5 cm³/mol. The third kappa shape index (κ3) is 2.78. The highest BCUT2D eigenvalue weighted by molar-refractivity contribution is 5.97. The maximum atomic E-state index is 5.67. The third-order valence-electron chi connectivity index (χ3n) is 1.61. The number of nitrogens with zero attached hydrogens (tertiary/aromatic N) is 1. The van der Waals surface area contributed by atoms with E-state index in [9.17, 15) is 0 Å². The fourth-order valence-electron chi connectivity index (χ4n) is 0.991. The molecular formula is C10H14N2O. The first-order valence-corrected chi connectivity index (χ1v) is 4.26. The largest absolute Gasteiger partial charge is 0.394 e. The topological polar surface area (TPSA) is 47.6 Å². The van der Waals surface area contributed by atoms with Crippen LogP contribution in [-0.2, 0) is 4.84 Å². The van der Waals surface area contributed by atoms with Crippen LogP contribution in [0.25, 0.3) is 0 Å². The summed E-state index contributed by atoms with van der Waals surface area (Å²) >= 11 is 0. The smallest absolute Gasteiger partial charge is 0.170 e. The van der Waals surface area contributed by atoms with Crippen LogP contribution in [0.2, 0.25) is 0 Å². The number of oxime groups is 1. The summed E-state index contributed by atoms with van der Waals surface area (Å²) < 4.78 is 0. The van der Waals surface area contributed by atoms with Crippen LogP contribution >= 0.6 is 0 Å². The Morgan fingerprint density at radius 2 is 2.31 bits per heavy atom. The lowest BCUT2D eigenvalue weighted by Gasteiger charge is -2.01. The summed E-state index contributed by atoms with van der Waals surface area (Å²) in [5.41, 5.74) is 7.73. The van der Waals surface area contributed by atoms with Crippen LogP contribution in [0.4, 0.5) is 0 Å². The van der Waals surface area contributed by atoms with Gasteiger partial charge in [-0.3, -0.25) is 0 Å². The SMILES string of the molecule is CCO/N=C(\N)c1cccc(C)c1. The van der Waals surface area contributed by atoms with Gasteiger partial charge in [-0.25, -0.2) is 0 Å². The molecule has 0 aliphatic carbocycles. The lowest BCUT2D eigenvalue weighted by atomic mass is 10.1. The van der Waals surface area contributed by atoms with Gasteiger partial charge < -0.3 is 10.6 Å². The molecule has 3 nitrogen and oxygen atoms in total. The number of aryl methyl sites for hydroxylation is 1. The summed E-state index contributed by atoms with van der Waals surface area (Å²) in [6, 6.07) is 7.83. The maximum absolute atomic E-state index is 5.67. The average molecular weight is 178 g/mol. The molecule has 1 aromatic carbocycles. The number of amidine groups is 1. The van der Waals surface area contributed by atoms with Gasteiger partial charge in [0.1, 0.15) is 6.61 Å². The number of nitrogens with two attached hydrogens (primary N) is 1. The van der Waals surface area contributed by atoms with Crippen LogP contribution in [0.3, 0.4) is 0 Å². The molecule has 0 radical (unpaired) electrons. The van der Waals surface area contributed by atoms with Crippen molar-refractivity contribution in [3.63, 3.8) is 0 Å². The molecule has 1 rings (SSSR count). The molecule has 0 aliphatic rings. The van der Waals surface area contributed by atoms with E-state index in [0.29, 0.717) is 12.4 Å². The molecule has 0 unspecified atom stereocenters. The van der Waals surface area contributed by atoms with E-state index in [-0.39, 0.29) is 0 Å². The number of hydrogen-bond donors (Lipinski definition) is 1. The molecule has 0 atom stereocenters. The molecule has 3 heteroatoms. The fourth-order valence-corrected chi connectivity index (χ4v) is 0.991. The first-order chi connectivity index (χ1) is 6.24. The quantitative estimate of drug-likeness (QED) is 0.434. The van der Waals surface area contributed by atoms with Gasteiger partial charge >= 0.3 is 0 Å². The molecule has 0 fully saturated rings. The summed E-state index contributed by atoms with van der Waals surface area (Å²) in [6.07, 6.45) is 0. The molecule has 70 valence electrons. The van der Waals surface area contributed by atoms with Crippen LogP contribution in [0.5, 0.6) is 0 Å². The zero-order valence-electron chi connectivity index (χ0n) is 7.95. The van der Waals surface area contributed by atoms with Crippen molar-refractivity contribution in [2.24, 2.45) is 10.9 Å². The molecule has 1 aromatic rings. The van der Waals surface area contributed by atoms with Gasteiger partial charge in [0, 0.05) is 5.56 Å². The van der Waals surface area contributed by atoms with Gasteiger partial charge in [0.25, 0.3) is 0 Å². The second-order valence-electron chi connectivity index (χ2n) is 2.76. The molecule has 0 saturated heterocycles. The molecule has 0 spiro atoms. The summed E-state index contributed by atoms with van der Waals surface area (Å²) in [4.78, 5) is 4.85. The minimum atomic E-state index is 0.422. The van der Waals surface area contributed by atoms with Crippen LogP contribution in [-0.4, -0.2) is 12.4 Å². The van der Waals surface area contributed by atoms with Crippen molar-refractivity contribution in [3.05, 3.63) is 35.4 Å².